The lowest BCUT2D eigenvalue weighted by atomic mass is 10.3. The van der Waals surface area contributed by atoms with Crippen LogP contribution in [0.3, 0.4) is 0 Å². The molecule has 1 rings (SSSR count). The lowest BCUT2D eigenvalue weighted by Crippen LogP contribution is -2.07. The largest absolute Gasteiger partial charge is 0.501 e. The Morgan fingerprint density at radius 2 is 2.13 bits per heavy atom. The molecule has 1 aromatic rings. The third-order valence-corrected chi connectivity index (χ3v) is 2.12. The summed E-state index contributed by atoms with van der Waals surface area (Å²) in [5.74, 6) is -0.203. The number of halogens is 1. The number of benzene rings is 1. The molecule has 1 aromatic carbocycles. The van der Waals surface area contributed by atoms with Crippen molar-refractivity contribution in [2.45, 2.75) is 6.92 Å². The summed E-state index contributed by atoms with van der Waals surface area (Å²) < 4.78 is 5.89. The number of rotatable bonds is 4. The van der Waals surface area contributed by atoms with E-state index < -0.39 is 0 Å². The maximum absolute atomic E-state index is 11.3. The number of hydrogen-bond acceptors (Lipinski definition) is 2. The molecule has 0 saturated carbocycles. The van der Waals surface area contributed by atoms with Crippen LogP contribution in [0.1, 0.15) is 6.92 Å². The molecule has 1 N–H and O–H groups in total. The lowest BCUT2D eigenvalue weighted by molar-refractivity contribution is -0.112. The number of amides is 1. The first-order valence-corrected chi connectivity index (χ1v) is 5.36. The van der Waals surface area contributed by atoms with Crippen molar-refractivity contribution < 1.29 is 9.53 Å². The summed E-state index contributed by atoms with van der Waals surface area (Å²) in [4.78, 5) is 11.3. The second kappa shape index (κ2) is 6.24. The Kier molecular flexibility index (Phi) is 4.90. The van der Waals surface area contributed by atoms with E-state index in [-0.39, 0.29) is 5.91 Å². The third kappa shape index (κ3) is 4.65. The SMILES string of the molecule is CCO/C=C/C(=O)Nc1ccc(Br)cc1. The lowest BCUT2D eigenvalue weighted by Gasteiger charge is -2.01. The van der Waals surface area contributed by atoms with Crippen molar-refractivity contribution in [2.75, 3.05) is 11.9 Å². The first-order valence-electron chi connectivity index (χ1n) is 4.57. The minimum atomic E-state index is -0.203. The van der Waals surface area contributed by atoms with E-state index in [0.29, 0.717) is 6.61 Å². The number of nitrogens with one attached hydrogen (secondary N) is 1. The minimum absolute atomic E-state index is 0.203. The number of ether oxygens (including phenoxy) is 1. The number of carbonyl (C=O) groups is 1. The van der Waals surface area contributed by atoms with Gasteiger partial charge in [-0.3, -0.25) is 4.79 Å². The molecule has 0 atom stereocenters. The van der Waals surface area contributed by atoms with Gasteiger partial charge in [0, 0.05) is 16.2 Å². The Morgan fingerprint density at radius 3 is 2.73 bits per heavy atom. The van der Waals surface area contributed by atoms with Gasteiger partial charge in [-0.05, 0) is 31.2 Å². The van der Waals surface area contributed by atoms with Crippen molar-refractivity contribution in [3.8, 4) is 0 Å². The fraction of sp³-hybridized carbons (Fsp3) is 0.182. The summed E-state index contributed by atoms with van der Waals surface area (Å²) in [7, 11) is 0. The summed E-state index contributed by atoms with van der Waals surface area (Å²) in [5.41, 5.74) is 0.754. The molecule has 0 radical (unpaired) electrons. The first-order chi connectivity index (χ1) is 7.22. The molecule has 15 heavy (non-hydrogen) atoms. The van der Waals surface area contributed by atoms with Crippen LogP contribution in [0.5, 0.6) is 0 Å². The van der Waals surface area contributed by atoms with Gasteiger partial charge in [0.25, 0.3) is 5.91 Å². The van der Waals surface area contributed by atoms with E-state index in [1.54, 1.807) is 0 Å². The van der Waals surface area contributed by atoms with E-state index >= 15 is 0 Å². The number of anilines is 1. The van der Waals surface area contributed by atoms with Crippen LogP contribution in [-0.2, 0) is 9.53 Å². The fourth-order valence-corrected chi connectivity index (χ4v) is 1.19. The van der Waals surface area contributed by atoms with Gasteiger partial charge >= 0.3 is 0 Å². The van der Waals surface area contributed by atoms with Crippen LogP contribution >= 0.6 is 15.9 Å². The Morgan fingerprint density at radius 1 is 1.47 bits per heavy atom. The van der Waals surface area contributed by atoms with Crippen molar-refractivity contribution in [3.63, 3.8) is 0 Å². The molecule has 0 unspecified atom stereocenters. The van der Waals surface area contributed by atoms with Gasteiger partial charge < -0.3 is 10.1 Å². The average Bonchev–Trinajstić information content (AvgIpc) is 2.22. The monoisotopic (exact) mass is 269 g/mol. The predicted octanol–water partition coefficient (Wildman–Crippen LogP) is 2.94. The molecule has 0 aromatic heterocycles. The summed E-state index contributed by atoms with van der Waals surface area (Å²) in [6, 6.07) is 7.36. The van der Waals surface area contributed by atoms with Gasteiger partial charge in [-0.1, -0.05) is 15.9 Å². The second-order valence-corrected chi connectivity index (χ2v) is 3.67. The van der Waals surface area contributed by atoms with Crippen LogP contribution in [0.4, 0.5) is 5.69 Å². The normalized spacial score (nSPS) is 10.3. The summed E-state index contributed by atoms with van der Waals surface area (Å²) in [6.07, 6.45) is 2.74. The maximum Gasteiger partial charge on any atom is 0.251 e. The Hall–Kier alpha value is -1.29. The quantitative estimate of drug-likeness (QED) is 0.674. The summed E-state index contributed by atoms with van der Waals surface area (Å²) in [6.45, 7) is 2.42. The zero-order valence-electron chi connectivity index (χ0n) is 8.37. The highest BCUT2D eigenvalue weighted by molar-refractivity contribution is 9.10. The zero-order chi connectivity index (χ0) is 11.1. The maximum atomic E-state index is 11.3. The van der Waals surface area contributed by atoms with E-state index in [0.717, 1.165) is 10.2 Å². The minimum Gasteiger partial charge on any atom is -0.501 e. The smallest absolute Gasteiger partial charge is 0.251 e. The van der Waals surface area contributed by atoms with Gasteiger partial charge in [0.15, 0.2) is 0 Å². The topological polar surface area (TPSA) is 38.3 Å². The van der Waals surface area contributed by atoms with Gasteiger partial charge in [0.05, 0.1) is 12.9 Å². The van der Waals surface area contributed by atoms with Crippen molar-refractivity contribution in [1.82, 2.24) is 0 Å². The molecule has 0 spiro atoms. The molecule has 0 heterocycles. The van der Waals surface area contributed by atoms with Gasteiger partial charge in [0.1, 0.15) is 0 Å². The Bertz CT molecular complexity index is 346. The average molecular weight is 270 g/mol. The zero-order valence-corrected chi connectivity index (χ0v) is 9.95. The molecule has 0 aliphatic heterocycles. The molecule has 80 valence electrons. The van der Waals surface area contributed by atoms with E-state index in [1.807, 2.05) is 31.2 Å². The highest BCUT2D eigenvalue weighted by Crippen LogP contribution is 2.13. The molecule has 0 aliphatic rings. The van der Waals surface area contributed by atoms with Crippen molar-refractivity contribution >= 4 is 27.5 Å². The number of hydrogen-bond donors (Lipinski definition) is 1. The van der Waals surface area contributed by atoms with Gasteiger partial charge in [-0.2, -0.15) is 0 Å². The second-order valence-electron chi connectivity index (χ2n) is 2.75. The van der Waals surface area contributed by atoms with E-state index in [4.69, 9.17) is 4.74 Å². The summed E-state index contributed by atoms with van der Waals surface area (Å²) >= 11 is 3.32. The first kappa shape index (κ1) is 11.8. The Balaban J connectivity index is 2.48. The van der Waals surface area contributed by atoms with Gasteiger partial charge in [0.2, 0.25) is 0 Å². The summed E-state index contributed by atoms with van der Waals surface area (Å²) in [5, 5.41) is 2.70. The molecular formula is C11H12BrNO2. The third-order valence-electron chi connectivity index (χ3n) is 1.59. The van der Waals surface area contributed by atoms with Crippen molar-refractivity contribution in [1.29, 1.82) is 0 Å². The van der Waals surface area contributed by atoms with Crippen molar-refractivity contribution in [3.05, 3.63) is 41.1 Å². The van der Waals surface area contributed by atoms with E-state index in [9.17, 15) is 4.79 Å². The van der Waals surface area contributed by atoms with E-state index in [1.165, 1.54) is 12.3 Å². The van der Waals surface area contributed by atoms with Crippen molar-refractivity contribution in [2.24, 2.45) is 0 Å². The van der Waals surface area contributed by atoms with E-state index in [2.05, 4.69) is 21.2 Å². The molecular weight excluding hydrogens is 258 g/mol. The highest BCUT2D eigenvalue weighted by Gasteiger charge is 1.96. The fourth-order valence-electron chi connectivity index (χ4n) is 0.923. The predicted molar refractivity (Wildman–Crippen MR) is 63.5 cm³/mol. The van der Waals surface area contributed by atoms with Gasteiger partial charge in [-0.15, -0.1) is 0 Å². The van der Waals surface area contributed by atoms with Crippen LogP contribution < -0.4 is 5.32 Å². The molecule has 0 aliphatic carbocycles. The van der Waals surface area contributed by atoms with Crippen LogP contribution in [0.25, 0.3) is 0 Å². The van der Waals surface area contributed by atoms with Crippen LogP contribution in [0.2, 0.25) is 0 Å². The van der Waals surface area contributed by atoms with Crippen LogP contribution in [-0.4, -0.2) is 12.5 Å². The number of carbonyl (C=O) groups excluding carboxylic acids is 1. The Labute approximate surface area is 97.3 Å². The highest BCUT2D eigenvalue weighted by atomic mass is 79.9. The van der Waals surface area contributed by atoms with Crippen LogP contribution in [0, 0.1) is 0 Å². The molecule has 1 amide bonds. The molecule has 4 heteroatoms. The molecule has 0 fully saturated rings. The molecule has 0 bridgehead atoms. The standard InChI is InChI=1S/C11H12BrNO2/c1-2-15-8-7-11(14)13-10-5-3-9(12)4-6-10/h3-8H,2H2,1H3,(H,13,14)/b8-7+. The molecule has 0 saturated heterocycles. The van der Waals surface area contributed by atoms with Gasteiger partial charge in [-0.25, -0.2) is 0 Å². The van der Waals surface area contributed by atoms with Crippen LogP contribution in [0.15, 0.2) is 41.1 Å². The molecule has 3 nitrogen and oxygen atoms in total.